The van der Waals surface area contributed by atoms with Crippen LogP contribution in [0.5, 0.6) is 0 Å². The third-order valence-electron chi connectivity index (χ3n) is 3.42. The van der Waals surface area contributed by atoms with Crippen molar-refractivity contribution in [3.63, 3.8) is 0 Å². The zero-order valence-corrected chi connectivity index (χ0v) is 11.5. The third-order valence-corrected chi connectivity index (χ3v) is 3.42. The maximum Gasteiger partial charge on any atom is 0.416 e. The molecule has 1 amide bonds. The topological polar surface area (TPSA) is 75.4 Å². The van der Waals surface area contributed by atoms with E-state index in [2.05, 4.69) is 5.32 Å². The second kappa shape index (κ2) is 6.76. The lowest BCUT2D eigenvalue weighted by atomic mass is 9.74. The smallest absolute Gasteiger partial charge is 0.382 e. The molecule has 3 unspecified atom stereocenters. The quantitative estimate of drug-likeness (QED) is 0.737. The van der Waals surface area contributed by atoms with E-state index in [1.807, 2.05) is 0 Å². The van der Waals surface area contributed by atoms with Crippen LogP contribution >= 0.6 is 12.4 Å². The van der Waals surface area contributed by atoms with Crippen LogP contribution in [0.1, 0.15) is 32.6 Å². The summed E-state index contributed by atoms with van der Waals surface area (Å²) in [6, 6.07) is 0. The average Bonchev–Trinajstić information content (AvgIpc) is 2.23. The molecule has 0 aromatic heterocycles. The van der Waals surface area contributed by atoms with E-state index in [1.165, 1.54) is 0 Å². The molecule has 0 bridgehead atoms. The molecule has 1 rings (SSSR count). The number of hydrogen-bond donors (Lipinski definition) is 3. The van der Waals surface area contributed by atoms with E-state index in [4.69, 9.17) is 10.8 Å². The van der Waals surface area contributed by atoms with Gasteiger partial charge in [-0.2, -0.15) is 13.2 Å². The summed E-state index contributed by atoms with van der Waals surface area (Å²) in [5.41, 5.74) is 5.28. The number of nitrogens with one attached hydrogen (secondary N) is 1. The van der Waals surface area contributed by atoms with E-state index in [9.17, 15) is 18.0 Å². The van der Waals surface area contributed by atoms with Crippen molar-refractivity contribution in [2.75, 3.05) is 6.54 Å². The molecule has 8 heteroatoms. The molecule has 4 N–H and O–H groups in total. The number of hydrogen-bond acceptors (Lipinski definition) is 3. The molecular formula is C11H20ClF3N2O2. The van der Waals surface area contributed by atoms with Crippen LogP contribution in [0.2, 0.25) is 0 Å². The van der Waals surface area contributed by atoms with E-state index in [0.717, 1.165) is 12.8 Å². The molecule has 0 spiro atoms. The molecule has 1 aliphatic rings. The van der Waals surface area contributed by atoms with Crippen LogP contribution in [-0.2, 0) is 4.79 Å². The molecule has 19 heavy (non-hydrogen) atoms. The molecule has 1 aliphatic carbocycles. The van der Waals surface area contributed by atoms with Crippen molar-refractivity contribution in [1.82, 2.24) is 5.32 Å². The number of carbonyl (C=O) groups is 1. The zero-order valence-electron chi connectivity index (χ0n) is 10.7. The van der Waals surface area contributed by atoms with Gasteiger partial charge in [-0.3, -0.25) is 4.79 Å². The lowest BCUT2D eigenvalue weighted by molar-refractivity contribution is -0.202. The highest BCUT2D eigenvalue weighted by atomic mass is 35.5. The molecule has 1 fully saturated rings. The molecule has 3 atom stereocenters. The summed E-state index contributed by atoms with van der Waals surface area (Å²) in [6.45, 7) is 0.908. The van der Waals surface area contributed by atoms with Crippen molar-refractivity contribution in [2.45, 2.75) is 50.4 Å². The van der Waals surface area contributed by atoms with Crippen LogP contribution in [0, 0.1) is 5.92 Å². The highest BCUT2D eigenvalue weighted by molar-refractivity contribution is 5.85. The Labute approximate surface area is 116 Å². The van der Waals surface area contributed by atoms with Crippen LogP contribution in [0.15, 0.2) is 0 Å². The van der Waals surface area contributed by atoms with Crippen molar-refractivity contribution in [2.24, 2.45) is 11.7 Å². The van der Waals surface area contributed by atoms with E-state index < -0.39 is 36.2 Å². The van der Waals surface area contributed by atoms with Gasteiger partial charge in [0.1, 0.15) is 0 Å². The van der Waals surface area contributed by atoms with Crippen molar-refractivity contribution in [3.8, 4) is 0 Å². The fourth-order valence-electron chi connectivity index (χ4n) is 2.23. The molecule has 0 aliphatic heterocycles. The molecule has 114 valence electrons. The summed E-state index contributed by atoms with van der Waals surface area (Å²) in [5, 5.41) is 10.9. The van der Waals surface area contributed by atoms with Crippen LogP contribution in [-0.4, -0.2) is 35.4 Å². The fourth-order valence-corrected chi connectivity index (χ4v) is 2.23. The van der Waals surface area contributed by atoms with Gasteiger partial charge in [0.2, 0.25) is 5.91 Å². The first-order chi connectivity index (χ1) is 8.14. The van der Waals surface area contributed by atoms with Gasteiger partial charge in [0.15, 0.2) is 6.10 Å². The summed E-state index contributed by atoms with van der Waals surface area (Å²) in [5.74, 6) is -1.00. The van der Waals surface area contributed by atoms with Crippen LogP contribution in [0.4, 0.5) is 13.2 Å². The molecule has 0 aromatic rings. The second-order valence-electron chi connectivity index (χ2n) is 5.11. The summed E-state index contributed by atoms with van der Waals surface area (Å²) >= 11 is 0. The van der Waals surface area contributed by atoms with E-state index >= 15 is 0 Å². The van der Waals surface area contributed by atoms with E-state index in [1.54, 1.807) is 6.92 Å². The Bertz CT molecular complexity index is 311. The Morgan fingerprint density at radius 3 is 2.58 bits per heavy atom. The largest absolute Gasteiger partial charge is 0.416 e. The van der Waals surface area contributed by atoms with Crippen LogP contribution < -0.4 is 11.1 Å². The van der Waals surface area contributed by atoms with Gasteiger partial charge in [0.25, 0.3) is 0 Å². The highest BCUT2D eigenvalue weighted by Crippen LogP contribution is 2.31. The Balaban J connectivity index is 0.00000324. The molecule has 0 saturated heterocycles. The Kier molecular flexibility index (Phi) is 6.57. The average molecular weight is 305 g/mol. The van der Waals surface area contributed by atoms with Gasteiger partial charge < -0.3 is 16.2 Å². The SMILES string of the molecule is CC1(N)CCCCC1C(=O)NCC(O)C(F)(F)F.Cl. The predicted octanol–water partition coefficient (Wildman–Crippen LogP) is 1.36. The van der Waals surface area contributed by atoms with Gasteiger partial charge in [-0.1, -0.05) is 12.8 Å². The normalized spacial score (nSPS) is 29.3. The highest BCUT2D eigenvalue weighted by Gasteiger charge is 2.41. The number of aliphatic hydroxyl groups excluding tert-OH is 1. The van der Waals surface area contributed by atoms with Gasteiger partial charge in [-0.15, -0.1) is 12.4 Å². The van der Waals surface area contributed by atoms with Crippen molar-refractivity contribution in [1.29, 1.82) is 0 Å². The minimum atomic E-state index is -4.72. The number of aliphatic hydroxyl groups is 1. The van der Waals surface area contributed by atoms with Crippen molar-refractivity contribution >= 4 is 18.3 Å². The number of rotatable bonds is 3. The van der Waals surface area contributed by atoms with Gasteiger partial charge in [-0.05, 0) is 19.8 Å². The maximum atomic E-state index is 12.1. The molecular weight excluding hydrogens is 285 g/mol. The number of carbonyl (C=O) groups excluding carboxylic acids is 1. The minimum absolute atomic E-state index is 0. The maximum absolute atomic E-state index is 12.1. The summed E-state index contributed by atoms with van der Waals surface area (Å²) in [7, 11) is 0. The Morgan fingerprint density at radius 1 is 1.53 bits per heavy atom. The predicted molar refractivity (Wildman–Crippen MR) is 66.9 cm³/mol. The Morgan fingerprint density at radius 2 is 2.11 bits per heavy atom. The fraction of sp³-hybridized carbons (Fsp3) is 0.909. The molecule has 1 saturated carbocycles. The van der Waals surface area contributed by atoms with Crippen molar-refractivity contribution < 1.29 is 23.1 Å². The number of amides is 1. The number of nitrogens with two attached hydrogens (primary N) is 1. The van der Waals surface area contributed by atoms with Gasteiger partial charge in [0.05, 0.1) is 12.5 Å². The first-order valence-corrected chi connectivity index (χ1v) is 5.96. The van der Waals surface area contributed by atoms with E-state index in [-0.39, 0.29) is 12.4 Å². The second-order valence-corrected chi connectivity index (χ2v) is 5.11. The molecule has 0 heterocycles. The standard InChI is InChI=1S/C11H19F3N2O2.ClH/c1-10(15)5-3-2-4-7(10)9(18)16-6-8(17)11(12,13)14;/h7-8,17H,2-6,15H2,1H3,(H,16,18);1H. The summed E-state index contributed by atoms with van der Waals surface area (Å²) in [4.78, 5) is 11.8. The minimum Gasteiger partial charge on any atom is -0.382 e. The monoisotopic (exact) mass is 304 g/mol. The first-order valence-electron chi connectivity index (χ1n) is 5.96. The number of halogens is 4. The molecule has 4 nitrogen and oxygen atoms in total. The van der Waals surface area contributed by atoms with Crippen molar-refractivity contribution in [3.05, 3.63) is 0 Å². The van der Waals surface area contributed by atoms with Gasteiger partial charge in [-0.25, -0.2) is 0 Å². The Hall–Kier alpha value is -0.530. The van der Waals surface area contributed by atoms with Gasteiger partial charge in [0, 0.05) is 5.54 Å². The van der Waals surface area contributed by atoms with Crippen LogP contribution in [0.3, 0.4) is 0 Å². The van der Waals surface area contributed by atoms with Crippen LogP contribution in [0.25, 0.3) is 0 Å². The molecule has 0 aromatic carbocycles. The lowest BCUT2D eigenvalue weighted by Crippen LogP contribution is -2.54. The summed E-state index contributed by atoms with van der Waals surface area (Å²) < 4.78 is 36.2. The van der Waals surface area contributed by atoms with Gasteiger partial charge >= 0.3 is 6.18 Å². The first kappa shape index (κ1) is 18.5. The lowest BCUT2D eigenvalue weighted by Gasteiger charge is -2.37. The number of alkyl halides is 3. The third kappa shape index (κ3) is 5.16. The van der Waals surface area contributed by atoms with E-state index in [0.29, 0.717) is 12.8 Å². The zero-order chi connectivity index (χ0) is 14.0. The summed E-state index contributed by atoms with van der Waals surface area (Å²) in [6.07, 6.45) is -4.25. The molecule has 0 radical (unpaired) electrons.